The first-order chi connectivity index (χ1) is 7.81. The Hall–Kier alpha value is -0.770. The van der Waals surface area contributed by atoms with Gasteiger partial charge in [0, 0.05) is 24.6 Å². The molecular formula is C12H16ClNO2. The summed E-state index contributed by atoms with van der Waals surface area (Å²) in [6.07, 6.45) is 1.06. The predicted molar refractivity (Wildman–Crippen MR) is 63.8 cm³/mol. The lowest BCUT2D eigenvalue weighted by molar-refractivity contribution is 0.167. The van der Waals surface area contributed by atoms with Gasteiger partial charge in [0.15, 0.2) is 0 Å². The van der Waals surface area contributed by atoms with E-state index in [0.717, 1.165) is 30.9 Å². The molecule has 4 heteroatoms. The zero-order chi connectivity index (χ0) is 11.4. The minimum Gasteiger partial charge on any atom is -0.491 e. The highest BCUT2D eigenvalue weighted by molar-refractivity contribution is 6.32. The average molecular weight is 242 g/mol. The number of hydrogen-bond acceptors (Lipinski definition) is 3. The average Bonchev–Trinajstić information content (AvgIpc) is 2.80. The maximum atomic E-state index is 6.08. The maximum Gasteiger partial charge on any atom is 0.142 e. The van der Waals surface area contributed by atoms with Crippen LogP contribution < -0.4 is 10.5 Å². The molecule has 1 aliphatic rings. The van der Waals surface area contributed by atoms with Crippen molar-refractivity contribution in [2.45, 2.75) is 13.0 Å². The second-order valence-corrected chi connectivity index (χ2v) is 4.38. The van der Waals surface area contributed by atoms with E-state index in [0.29, 0.717) is 24.1 Å². The van der Waals surface area contributed by atoms with Crippen molar-refractivity contribution >= 4 is 11.6 Å². The van der Waals surface area contributed by atoms with Gasteiger partial charge in [0.1, 0.15) is 5.75 Å². The van der Waals surface area contributed by atoms with Crippen LogP contribution in [0, 0.1) is 5.92 Å². The lowest BCUT2D eigenvalue weighted by Gasteiger charge is -2.14. The van der Waals surface area contributed by atoms with Gasteiger partial charge in [0.2, 0.25) is 0 Å². The van der Waals surface area contributed by atoms with Crippen LogP contribution in [0.25, 0.3) is 0 Å². The van der Waals surface area contributed by atoms with Crippen LogP contribution in [0.5, 0.6) is 5.75 Å². The lowest BCUT2D eigenvalue weighted by atomic mass is 10.1. The van der Waals surface area contributed by atoms with Crippen molar-refractivity contribution in [1.29, 1.82) is 0 Å². The molecule has 1 saturated heterocycles. The van der Waals surface area contributed by atoms with Gasteiger partial charge in [0.25, 0.3) is 0 Å². The van der Waals surface area contributed by atoms with Gasteiger partial charge in [-0.2, -0.15) is 0 Å². The molecule has 2 N–H and O–H groups in total. The molecule has 0 amide bonds. The van der Waals surface area contributed by atoms with Gasteiger partial charge in [-0.05, 0) is 12.5 Å². The van der Waals surface area contributed by atoms with E-state index in [4.69, 9.17) is 26.8 Å². The SMILES string of the molecule is NCc1cccc(Cl)c1OCC1CCOC1. The van der Waals surface area contributed by atoms with E-state index in [1.165, 1.54) is 0 Å². The van der Waals surface area contributed by atoms with Crippen molar-refractivity contribution < 1.29 is 9.47 Å². The minimum atomic E-state index is 0.442. The molecule has 3 nitrogen and oxygen atoms in total. The van der Waals surface area contributed by atoms with Gasteiger partial charge in [-0.15, -0.1) is 0 Å². The molecule has 0 spiro atoms. The molecule has 2 rings (SSSR count). The highest BCUT2D eigenvalue weighted by Crippen LogP contribution is 2.29. The quantitative estimate of drug-likeness (QED) is 0.879. The standard InChI is InChI=1S/C12H16ClNO2/c13-11-3-1-2-10(6-14)12(11)16-8-9-4-5-15-7-9/h1-3,9H,4-8,14H2. The van der Waals surface area contributed by atoms with Crippen molar-refractivity contribution in [3.63, 3.8) is 0 Å². The monoisotopic (exact) mass is 241 g/mol. The Morgan fingerprint density at radius 3 is 3.06 bits per heavy atom. The van der Waals surface area contributed by atoms with Crippen LogP contribution in [0.15, 0.2) is 18.2 Å². The third-order valence-electron chi connectivity index (χ3n) is 2.76. The van der Waals surface area contributed by atoms with E-state index in [1.807, 2.05) is 18.2 Å². The molecule has 88 valence electrons. The number of benzene rings is 1. The van der Waals surface area contributed by atoms with E-state index < -0.39 is 0 Å². The molecule has 16 heavy (non-hydrogen) atoms. The van der Waals surface area contributed by atoms with Gasteiger partial charge in [-0.1, -0.05) is 23.7 Å². The number of halogens is 1. The number of para-hydroxylation sites is 1. The van der Waals surface area contributed by atoms with E-state index in [1.54, 1.807) is 0 Å². The third kappa shape index (κ3) is 2.67. The highest BCUT2D eigenvalue weighted by atomic mass is 35.5. The first-order valence-corrected chi connectivity index (χ1v) is 5.87. The zero-order valence-corrected chi connectivity index (χ0v) is 9.87. The molecule has 1 aliphatic heterocycles. The van der Waals surface area contributed by atoms with Crippen molar-refractivity contribution in [2.75, 3.05) is 19.8 Å². The van der Waals surface area contributed by atoms with Crippen LogP contribution in [0.1, 0.15) is 12.0 Å². The van der Waals surface area contributed by atoms with Crippen molar-refractivity contribution in [3.8, 4) is 5.75 Å². The van der Waals surface area contributed by atoms with Gasteiger partial charge < -0.3 is 15.2 Å². The summed E-state index contributed by atoms with van der Waals surface area (Å²) in [5.74, 6) is 1.19. The smallest absolute Gasteiger partial charge is 0.142 e. The largest absolute Gasteiger partial charge is 0.491 e. The Morgan fingerprint density at radius 2 is 2.38 bits per heavy atom. The molecule has 1 unspecified atom stereocenters. The summed E-state index contributed by atoms with van der Waals surface area (Å²) in [5, 5.41) is 0.627. The van der Waals surface area contributed by atoms with Gasteiger partial charge in [0.05, 0.1) is 18.2 Å². The van der Waals surface area contributed by atoms with E-state index in [2.05, 4.69) is 0 Å². The topological polar surface area (TPSA) is 44.5 Å². The summed E-state index contributed by atoms with van der Waals surface area (Å²) in [4.78, 5) is 0. The first-order valence-electron chi connectivity index (χ1n) is 5.49. The van der Waals surface area contributed by atoms with E-state index in [9.17, 15) is 0 Å². The van der Waals surface area contributed by atoms with E-state index in [-0.39, 0.29) is 0 Å². The predicted octanol–water partition coefficient (Wildman–Crippen LogP) is 2.21. The molecule has 0 aromatic heterocycles. The zero-order valence-electron chi connectivity index (χ0n) is 9.12. The summed E-state index contributed by atoms with van der Waals surface area (Å²) in [6, 6.07) is 5.64. The first kappa shape index (κ1) is 11.7. The summed E-state index contributed by atoms with van der Waals surface area (Å²) in [5.41, 5.74) is 6.59. The summed E-state index contributed by atoms with van der Waals surface area (Å²) in [6.45, 7) is 2.70. The normalized spacial score (nSPS) is 20.0. The number of hydrogen-bond donors (Lipinski definition) is 1. The van der Waals surface area contributed by atoms with Crippen molar-refractivity contribution in [3.05, 3.63) is 28.8 Å². The lowest BCUT2D eigenvalue weighted by Crippen LogP contribution is -2.13. The van der Waals surface area contributed by atoms with Crippen molar-refractivity contribution in [2.24, 2.45) is 11.7 Å². The molecule has 0 saturated carbocycles. The van der Waals surface area contributed by atoms with E-state index >= 15 is 0 Å². The molecule has 1 fully saturated rings. The summed E-state index contributed by atoms with van der Waals surface area (Å²) in [7, 11) is 0. The Kier molecular flexibility index (Phi) is 4.04. The number of ether oxygens (including phenoxy) is 2. The van der Waals surface area contributed by atoms with Gasteiger partial charge in [-0.3, -0.25) is 0 Å². The minimum absolute atomic E-state index is 0.442. The van der Waals surface area contributed by atoms with Crippen LogP contribution in [0.3, 0.4) is 0 Å². The fourth-order valence-electron chi connectivity index (χ4n) is 1.79. The summed E-state index contributed by atoms with van der Waals surface area (Å²) < 4.78 is 11.0. The highest BCUT2D eigenvalue weighted by Gasteiger charge is 2.17. The number of nitrogens with two attached hydrogens (primary N) is 1. The van der Waals surface area contributed by atoms with Crippen LogP contribution in [0.4, 0.5) is 0 Å². The Labute approximate surface area is 100 Å². The molecule has 0 radical (unpaired) electrons. The van der Waals surface area contributed by atoms with Crippen LogP contribution in [0.2, 0.25) is 5.02 Å². The van der Waals surface area contributed by atoms with Crippen LogP contribution >= 0.6 is 11.6 Å². The third-order valence-corrected chi connectivity index (χ3v) is 3.05. The molecule has 0 bridgehead atoms. The molecule has 0 aliphatic carbocycles. The second-order valence-electron chi connectivity index (χ2n) is 3.97. The Morgan fingerprint density at radius 1 is 1.50 bits per heavy atom. The summed E-state index contributed by atoms with van der Waals surface area (Å²) >= 11 is 6.08. The van der Waals surface area contributed by atoms with Crippen molar-refractivity contribution in [1.82, 2.24) is 0 Å². The van der Waals surface area contributed by atoms with Gasteiger partial charge >= 0.3 is 0 Å². The Bertz CT molecular complexity index is 351. The second kappa shape index (κ2) is 5.53. The molecule has 1 atom stereocenters. The van der Waals surface area contributed by atoms with Crippen LogP contribution in [-0.2, 0) is 11.3 Å². The molecule has 1 aromatic carbocycles. The molecule has 1 aromatic rings. The number of rotatable bonds is 4. The van der Waals surface area contributed by atoms with Gasteiger partial charge in [-0.25, -0.2) is 0 Å². The maximum absolute atomic E-state index is 6.08. The van der Waals surface area contributed by atoms with Crippen LogP contribution in [-0.4, -0.2) is 19.8 Å². The fraction of sp³-hybridized carbons (Fsp3) is 0.500. The molecular weight excluding hydrogens is 226 g/mol. The fourth-order valence-corrected chi connectivity index (χ4v) is 2.04. The Balaban J connectivity index is 2.01. The molecule has 1 heterocycles.